The first-order chi connectivity index (χ1) is 12.4. The summed E-state index contributed by atoms with van der Waals surface area (Å²) in [6.45, 7) is 5.12. The number of ether oxygens (including phenoxy) is 2. The predicted octanol–water partition coefficient (Wildman–Crippen LogP) is 4.51. The Morgan fingerprint density at radius 2 is 1.92 bits per heavy atom. The minimum absolute atomic E-state index is 0.0296. The van der Waals surface area contributed by atoms with Crippen molar-refractivity contribution in [2.24, 2.45) is 28.6 Å². The number of ketones is 1. The summed E-state index contributed by atoms with van der Waals surface area (Å²) in [7, 11) is 1.78. The van der Waals surface area contributed by atoms with Gasteiger partial charge in [-0.05, 0) is 67.8 Å². The second-order valence-electron chi connectivity index (χ2n) is 9.41. The topological polar surface area (TPSA) is 35.5 Å². The molecule has 0 aromatic rings. The van der Waals surface area contributed by atoms with Gasteiger partial charge in [-0.2, -0.15) is 0 Å². The number of allylic oxidation sites excluding steroid dienone is 1. The van der Waals surface area contributed by atoms with E-state index < -0.39 is 5.79 Å². The largest absolute Gasteiger partial charge is 0.353 e. The monoisotopic (exact) mass is 356 g/mol. The van der Waals surface area contributed by atoms with E-state index in [4.69, 9.17) is 15.9 Å². The molecule has 3 saturated carbocycles. The van der Waals surface area contributed by atoms with E-state index >= 15 is 0 Å². The lowest BCUT2D eigenvalue weighted by atomic mass is 9.47. The summed E-state index contributed by atoms with van der Waals surface area (Å²) in [4.78, 5) is 12.0. The molecule has 0 radical (unpaired) electrons. The van der Waals surface area contributed by atoms with Crippen LogP contribution in [0.15, 0.2) is 11.6 Å². The Morgan fingerprint density at radius 3 is 2.65 bits per heavy atom. The fraction of sp³-hybridized carbons (Fsp3) is 0.783. The molecule has 0 aliphatic heterocycles. The molecule has 4 aliphatic rings. The lowest BCUT2D eigenvalue weighted by Crippen LogP contribution is -2.56. The molecule has 0 spiro atoms. The number of terminal acetylenes is 1. The molecular formula is C23H32O3. The number of hydrogen-bond acceptors (Lipinski definition) is 3. The van der Waals surface area contributed by atoms with Crippen molar-refractivity contribution in [2.45, 2.75) is 71.0 Å². The zero-order valence-electron chi connectivity index (χ0n) is 16.5. The van der Waals surface area contributed by atoms with Gasteiger partial charge in [0.15, 0.2) is 11.6 Å². The normalized spacial score (nSPS) is 47.4. The van der Waals surface area contributed by atoms with Crippen LogP contribution in [-0.2, 0) is 14.3 Å². The van der Waals surface area contributed by atoms with E-state index in [1.165, 1.54) is 18.4 Å². The van der Waals surface area contributed by atoms with Crippen molar-refractivity contribution in [3.05, 3.63) is 11.6 Å². The number of hydrogen-bond donors (Lipinski definition) is 0. The number of methoxy groups -OCH3 is 1. The first-order valence-electron chi connectivity index (χ1n) is 10.3. The number of carbonyl (C=O) groups excluding carboxylic acids is 1. The Kier molecular flexibility index (Phi) is 4.36. The highest BCUT2D eigenvalue weighted by molar-refractivity contribution is 5.91. The van der Waals surface area contributed by atoms with E-state index in [0.717, 1.165) is 38.5 Å². The lowest BCUT2D eigenvalue weighted by molar-refractivity contribution is -0.284. The van der Waals surface area contributed by atoms with Crippen LogP contribution in [0.5, 0.6) is 0 Å². The van der Waals surface area contributed by atoms with Crippen molar-refractivity contribution in [1.29, 1.82) is 0 Å². The van der Waals surface area contributed by atoms with Gasteiger partial charge in [-0.3, -0.25) is 4.79 Å². The summed E-state index contributed by atoms with van der Waals surface area (Å²) in [5.74, 6) is 4.44. The van der Waals surface area contributed by atoms with Crippen molar-refractivity contribution >= 4 is 5.78 Å². The highest BCUT2D eigenvalue weighted by Gasteiger charge is 2.65. The Morgan fingerprint density at radius 1 is 1.15 bits per heavy atom. The number of rotatable bonds is 3. The third kappa shape index (κ3) is 2.31. The maximum Gasteiger partial charge on any atom is 0.174 e. The molecule has 4 rings (SSSR count). The van der Waals surface area contributed by atoms with Gasteiger partial charge in [0.05, 0.1) is 0 Å². The molecule has 0 amide bonds. The van der Waals surface area contributed by atoms with Crippen LogP contribution < -0.4 is 0 Å². The quantitative estimate of drug-likeness (QED) is 0.551. The van der Waals surface area contributed by atoms with E-state index in [-0.39, 0.29) is 10.8 Å². The molecule has 4 aliphatic carbocycles. The first-order valence-corrected chi connectivity index (χ1v) is 10.3. The molecule has 0 aromatic heterocycles. The molecule has 0 heterocycles. The van der Waals surface area contributed by atoms with Crippen molar-refractivity contribution in [3.63, 3.8) is 0 Å². The van der Waals surface area contributed by atoms with Crippen LogP contribution in [0.25, 0.3) is 0 Å². The number of carbonyl (C=O) groups is 1. The van der Waals surface area contributed by atoms with Crippen LogP contribution in [0.4, 0.5) is 0 Å². The van der Waals surface area contributed by atoms with Crippen molar-refractivity contribution in [3.8, 4) is 12.3 Å². The maximum absolute atomic E-state index is 12.0. The van der Waals surface area contributed by atoms with Crippen molar-refractivity contribution in [1.82, 2.24) is 0 Å². The van der Waals surface area contributed by atoms with Gasteiger partial charge >= 0.3 is 0 Å². The average Bonchev–Trinajstić information content (AvgIpc) is 2.93. The molecule has 2 unspecified atom stereocenters. The van der Waals surface area contributed by atoms with Crippen LogP contribution in [0.2, 0.25) is 0 Å². The average molecular weight is 357 g/mol. The fourth-order valence-corrected chi connectivity index (χ4v) is 7.31. The van der Waals surface area contributed by atoms with Crippen LogP contribution in [-0.4, -0.2) is 25.3 Å². The summed E-state index contributed by atoms with van der Waals surface area (Å²) in [5, 5.41) is 0. The second-order valence-corrected chi connectivity index (χ2v) is 9.41. The molecule has 142 valence electrons. The molecule has 3 nitrogen and oxygen atoms in total. The van der Waals surface area contributed by atoms with Gasteiger partial charge in [-0.15, -0.1) is 6.42 Å². The van der Waals surface area contributed by atoms with Gasteiger partial charge in [-0.1, -0.05) is 25.3 Å². The van der Waals surface area contributed by atoms with Crippen molar-refractivity contribution < 1.29 is 14.3 Å². The summed E-state index contributed by atoms with van der Waals surface area (Å²) < 4.78 is 12.2. The molecular weight excluding hydrogens is 324 g/mol. The molecule has 6 atom stereocenters. The Bertz CT molecular complexity index is 673. The molecule has 0 bridgehead atoms. The molecule has 0 N–H and O–H groups in total. The highest BCUT2D eigenvalue weighted by Crippen LogP contribution is 2.68. The molecule has 0 saturated heterocycles. The van der Waals surface area contributed by atoms with Gasteiger partial charge in [0.1, 0.15) is 6.61 Å². The van der Waals surface area contributed by atoms with Gasteiger partial charge < -0.3 is 9.47 Å². The molecule has 0 aromatic carbocycles. The van der Waals surface area contributed by atoms with Gasteiger partial charge in [0.2, 0.25) is 0 Å². The minimum atomic E-state index is -0.533. The summed E-state index contributed by atoms with van der Waals surface area (Å²) in [6.07, 6.45) is 15.9. The molecule has 3 fully saturated rings. The molecule has 26 heavy (non-hydrogen) atoms. The fourth-order valence-electron chi connectivity index (χ4n) is 7.31. The van der Waals surface area contributed by atoms with Crippen LogP contribution in [0.3, 0.4) is 0 Å². The lowest BCUT2D eigenvalue weighted by Gasteiger charge is -2.59. The SMILES string of the molecule is C#CCOC1(OC)CC[C@@H]2[C@@H]3CCC4=CC(=O)CC[C@]4(C)[C@@H]3CCC21C. The van der Waals surface area contributed by atoms with E-state index in [0.29, 0.717) is 30.1 Å². The number of fused-ring (bicyclic) bond motifs is 5. The standard InChI is InChI=1S/C23H32O3/c1-5-14-26-23(25-4)13-10-20-18-7-6-16-15-17(24)8-11-21(16,2)19(18)9-12-22(20,23)3/h1,15,18-20H,6-14H2,2-4H3/t18-,19-,20-,21+,22?,23?/m1/s1. The Hall–Kier alpha value is -1.11. The zero-order chi connectivity index (χ0) is 18.6. The third-order valence-electron chi connectivity index (χ3n) is 8.72. The molecule has 3 heteroatoms. The van der Waals surface area contributed by atoms with E-state index in [1.54, 1.807) is 7.11 Å². The summed E-state index contributed by atoms with van der Waals surface area (Å²) in [5.41, 5.74) is 1.68. The Labute approximate surface area is 157 Å². The van der Waals surface area contributed by atoms with E-state index in [2.05, 4.69) is 19.8 Å². The van der Waals surface area contributed by atoms with Crippen molar-refractivity contribution in [2.75, 3.05) is 13.7 Å². The van der Waals surface area contributed by atoms with Gasteiger partial charge in [0, 0.05) is 25.4 Å². The van der Waals surface area contributed by atoms with Gasteiger partial charge in [-0.25, -0.2) is 0 Å². The minimum Gasteiger partial charge on any atom is -0.353 e. The van der Waals surface area contributed by atoms with Crippen LogP contribution in [0, 0.1) is 40.9 Å². The summed E-state index contributed by atoms with van der Waals surface area (Å²) in [6, 6.07) is 0. The van der Waals surface area contributed by atoms with Crippen LogP contribution >= 0.6 is 0 Å². The third-order valence-corrected chi connectivity index (χ3v) is 8.72. The first kappa shape index (κ1) is 18.3. The second kappa shape index (κ2) is 6.21. The zero-order valence-corrected chi connectivity index (χ0v) is 16.5. The maximum atomic E-state index is 12.0. The summed E-state index contributed by atoms with van der Waals surface area (Å²) >= 11 is 0. The van der Waals surface area contributed by atoms with E-state index in [1.807, 2.05) is 6.08 Å². The van der Waals surface area contributed by atoms with E-state index in [9.17, 15) is 4.79 Å². The smallest absolute Gasteiger partial charge is 0.174 e. The van der Waals surface area contributed by atoms with Gasteiger partial charge in [0.25, 0.3) is 0 Å². The van der Waals surface area contributed by atoms with Crippen LogP contribution in [0.1, 0.15) is 65.2 Å². The predicted molar refractivity (Wildman–Crippen MR) is 101 cm³/mol. The Balaban J connectivity index is 1.65. The highest BCUT2D eigenvalue weighted by atomic mass is 16.7.